The van der Waals surface area contributed by atoms with Crippen LogP contribution in [0, 0.1) is 13.8 Å². The highest BCUT2D eigenvalue weighted by Crippen LogP contribution is 2.22. The summed E-state index contributed by atoms with van der Waals surface area (Å²) in [5, 5.41) is 5.56. The highest BCUT2D eigenvalue weighted by atomic mass is 15.3. The normalized spacial score (nSPS) is 11.7. The van der Waals surface area contributed by atoms with Gasteiger partial charge in [0.05, 0.1) is 16.9 Å². The number of rotatable bonds is 3. The van der Waals surface area contributed by atoms with Crippen LogP contribution >= 0.6 is 0 Å². The molecular formula is C18H18N4. The molecule has 0 aliphatic heterocycles. The first-order chi connectivity index (χ1) is 10.6. The van der Waals surface area contributed by atoms with Crippen molar-refractivity contribution in [3.05, 3.63) is 65.5 Å². The van der Waals surface area contributed by atoms with Crippen LogP contribution in [-0.4, -0.2) is 15.7 Å². The fraction of sp³-hybridized carbons (Fsp3) is 0.167. The van der Waals surface area contributed by atoms with Gasteiger partial charge in [-0.3, -0.25) is 10.4 Å². The van der Waals surface area contributed by atoms with Crippen LogP contribution in [0.2, 0.25) is 0 Å². The minimum absolute atomic E-state index is 0.745. The van der Waals surface area contributed by atoms with E-state index in [1.807, 2.05) is 31.2 Å². The number of hydrazone groups is 1. The molecule has 4 heteroatoms. The summed E-state index contributed by atoms with van der Waals surface area (Å²) < 4.78 is 0. The maximum absolute atomic E-state index is 4.66. The molecule has 0 atom stereocenters. The Hall–Kier alpha value is -2.75. The van der Waals surface area contributed by atoms with E-state index in [-0.39, 0.29) is 0 Å². The fourth-order valence-corrected chi connectivity index (χ4v) is 2.39. The number of aryl methyl sites for hydroxylation is 2. The lowest BCUT2D eigenvalue weighted by molar-refractivity contribution is 1.21. The summed E-state index contributed by atoms with van der Waals surface area (Å²) >= 11 is 0. The van der Waals surface area contributed by atoms with Crippen LogP contribution in [0.25, 0.3) is 10.9 Å². The summed E-state index contributed by atoms with van der Waals surface area (Å²) in [6.07, 6.45) is 1.76. The average Bonchev–Trinajstić information content (AvgIpc) is 2.54. The molecular weight excluding hydrogens is 272 g/mol. The Labute approximate surface area is 129 Å². The van der Waals surface area contributed by atoms with E-state index >= 15 is 0 Å². The van der Waals surface area contributed by atoms with Gasteiger partial charge < -0.3 is 0 Å². The largest absolute Gasteiger partial charge is 0.261 e. The van der Waals surface area contributed by atoms with Gasteiger partial charge in [-0.1, -0.05) is 24.3 Å². The highest BCUT2D eigenvalue weighted by Gasteiger charge is 2.05. The standard InChI is InChI=1S/C18H18N4/c1-12-7-6-8-15-13(2)11-17(20-18(12)15)22-21-14(3)16-9-4-5-10-19-16/h4-11H,1-3H3,(H,20,22)/b21-14+. The number of aromatic nitrogens is 2. The molecule has 2 heterocycles. The monoisotopic (exact) mass is 290 g/mol. The van der Waals surface area contributed by atoms with Crippen molar-refractivity contribution in [2.75, 3.05) is 5.43 Å². The number of hydrogen-bond donors (Lipinski definition) is 1. The van der Waals surface area contributed by atoms with Gasteiger partial charge in [0.25, 0.3) is 0 Å². The van der Waals surface area contributed by atoms with Gasteiger partial charge in [-0.2, -0.15) is 5.10 Å². The number of para-hydroxylation sites is 1. The zero-order valence-corrected chi connectivity index (χ0v) is 13.0. The van der Waals surface area contributed by atoms with Gasteiger partial charge in [0, 0.05) is 11.6 Å². The second-order valence-corrected chi connectivity index (χ2v) is 5.32. The summed E-state index contributed by atoms with van der Waals surface area (Å²) in [6.45, 7) is 6.08. The molecule has 0 radical (unpaired) electrons. The molecule has 22 heavy (non-hydrogen) atoms. The predicted octanol–water partition coefficient (Wildman–Crippen LogP) is 4.08. The SMILES string of the molecule is C/C(=N\Nc1cc(C)c2cccc(C)c2n1)c1ccccn1. The molecule has 0 amide bonds. The summed E-state index contributed by atoms with van der Waals surface area (Å²) in [5.41, 5.74) is 8.07. The average molecular weight is 290 g/mol. The van der Waals surface area contributed by atoms with E-state index in [0.717, 1.165) is 28.3 Å². The Morgan fingerprint density at radius 3 is 2.68 bits per heavy atom. The van der Waals surface area contributed by atoms with Crippen LogP contribution in [0.15, 0.2) is 53.8 Å². The van der Waals surface area contributed by atoms with Crippen LogP contribution < -0.4 is 5.43 Å². The fourth-order valence-electron chi connectivity index (χ4n) is 2.39. The lowest BCUT2D eigenvalue weighted by atomic mass is 10.1. The maximum atomic E-state index is 4.66. The minimum atomic E-state index is 0.745. The Morgan fingerprint density at radius 2 is 1.91 bits per heavy atom. The first-order valence-electron chi connectivity index (χ1n) is 7.24. The Morgan fingerprint density at radius 1 is 1.05 bits per heavy atom. The molecule has 0 saturated heterocycles. The van der Waals surface area contributed by atoms with Gasteiger partial charge in [-0.05, 0) is 50.1 Å². The Bertz CT molecular complexity index is 838. The number of pyridine rings is 2. The summed E-state index contributed by atoms with van der Waals surface area (Å²) in [7, 11) is 0. The Balaban J connectivity index is 1.93. The molecule has 4 nitrogen and oxygen atoms in total. The third-order valence-corrected chi connectivity index (χ3v) is 3.62. The van der Waals surface area contributed by atoms with Crippen LogP contribution in [0.3, 0.4) is 0 Å². The van der Waals surface area contributed by atoms with Crippen molar-refractivity contribution < 1.29 is 0 Å². The zero-order valence-electron chi connectivity index (χ0n) is 13.0. The van der Waals surface area contributed by atoms with Crippen molar-refractivity contribution >= 4 is 22.4 Å². The molecule has 0 fully saturated rings. The number of benzene rings is 1. The van der Waals surface area contributed by atoms with Gasteiger partial charge in [0.1, 0.15) is 5.82 Å². The van der Waals surface area contributed by atoms with Gasteiger partial charge >= 0.3 is 0 Å². The molecule has 3 rings (SSSR count). The van der Waals surface area contributed by atoms with Crippen LogP contribution in [0.5, 0.6) is 0 Å². The number of nitrogens with zero attached hydrogens (tertiary/aromatic N) is 3. The van der Waals surface area contributed by atoms with Gasteiger partial charge in [-0.15, -0.1) is 0 Å². The third kappa shape index (κ3) is 2.81. The third-order valence-electron chi connectivity index (χ3n) is 3.62. The van der Waals surface area contributed by atoms with Crippen molar-refractivity contribution in [1.29, 1.82) is 0 Å². The van der Waals surface area contributed by atoms with E-state index in [9.17, 15) is 0 Å². The second-order valence-electron chi connectivity index (χ2n) is 5.32. The Kier molecular flexibility index (Phi) is 3.83. The summed E-state index contributed by atoms with van der Waals surface area (Å²) in [4.78, 5) is 8.94. The molecule has 0 bridgehead atoms. The van der Waals surface area contributed by atoms with Gasteiger partial charge in [-0.25, -0.2) is 4.98 Å². The number of hydrogen-bond acceptors (Lipinski definition) is 4. The zero-order chi connectivity index (χ0) is 15.5. The van der Waals surface area contributed by atoms with E-state index in [2.05, 4.69) is 52.5 Å². The molecule has 0 unspecified atom stereocenters. The molecule has 1 N–H and O–H groups in total. The van der Waals surface area contributed by atoms with Crippen LogP contribution in [0.4, 0.5) is 5.82 Å². The van der Waals surface area contributed by atoms with Crippen LogP contribution in [-0.2, 0) is 0 Å². The van der Waals surface area contributed by atoms with Gasteiger partial charge in [0.15, 0.2) is 0 Å². The first kappa shape index (κ1) is 14.2. The molecule has 0 aliphatic rings. The molecule has 0 saturated carbocycles. The molecule has 3 aromatic rings. The van der Waals surface area contributed by atoms with E-state index in [1.54, 1.807) is 6.20 Å². The predicted molar refractivity (Wildman–Crippen MR) is 91.3 cm³/mol. The quantitative estimate of drug-likeness (QED) is 0.584. The molecule has 2 aromatic heterocycles. The van der Waals surface area contributed by atoms with E-state index in [0.29, 0.717) is 0 Å². The van der Waals surface area contributed by atoms with Crippen molar-refractivity contribution in [3.63, 3.8) is 0 Å². The summed E-state index contributed by atoms with van der Waals surface area (Å²) in [5.74, 6) is 0.745. The van der Waals surface area contributed by atoms with Crippen molar-refractivity contribution in [2.24, 2.45) is 5.10 Å². The topological polar surface area (TPSA) is 50.2 Å². The maximum Gasteiger partial charge on any atom is 0.147 e. The van der Waals surface area contributed by atoms with E-state index in [1.165, 1.54) is 10.9 Å². The highest BCUT2D eigenvalue weighted by molar-refractivity contribution is 5.97. The smallest absolute Gasteiger partial charge is 0.147 e. The number of nitrogens with one attached hydrogen (secondary N) is 1. The summed E-state index contributed by atoms with van der Waals surface area (Å²) in [6, 6.07) is 14.0. The van der Waals surface area contributed by atoms with E-state index in [4.69, 9.17) is 0 Å². The minimum Gasteiger partial charge on any atom is -0.261 e. The van der Waals surface area contributed by atoms with Gasteiger partial charge in [0.2, 0.25) is 0 Å². The van der Waals surface area contributed by atoms with E-state index < -0.39 is 0 Å². The molecule has 0 aliphatic carbocycles. The van der Waals surface area contributed by atoms with Crippen molar-refractivity contribution in [3.8, 4) is 0 Å². The lowest BCUT2D eigenvalue weighted by Crippen LogP contribution is -2.03. The number of anilines is 1. The van der Waals surface area contributed by atoms with Crippen molar-refractivity contribution in [1.82, 2.24) is 9.97 Å². The molecule has 0 spiro atoms. The lowest BCUT2D eigenvalue weighted by Gasteiger charge is -2.08. The molecule has 110 valence electrons. The second kappa shape index (κ2) is 5.93. The first-order valence-corrected chi connectivity index (χ1v) is 7.24. The number of fused-ring (bicyclic) bond motifs is 1. The van der Waals surface area contributed by atoms with Crippen LogP contribution in [0.1, 0.15) is 23.7 Å². The van der Waals surface area contributed by atoms with Crippen molar-refractivity contribution in [2.45, 2.75) is 20.8 Å². The molecule has 1 aromatic carbocycles.